The molecule has 0 unspecified atom stereocenters. The highest BCUT2D eigenvalue weighted by Gasteiger charge is 2.32. The summed E-state index contributed by atoms with van der Waals surface area (Å²) in [5.41, 5.74) is 0.929. The van der Waals surface area contributed by atoms with Crippen LogP contribution in [0.4, 0.5) is 0 Å². The molecule has 0 aliphatic carbocycles. The van der Waals surface area contributed by atoms with Crippen molar-refractivity contribution >= 4 is 11.9 Å². The van der Waals surface area contributed by atoms with E-state index in [1.807, 2.05) is 24.3 Å². The summed E-state index contributed by atoms with van der Waals surface area (Å²) in [6, 6.07) is 10.9. The van der Waals surface area contributed by atoms with E-state index in [2.05, 4.69) is 0 Å². The first-order valence-electron chi connectivity index (χ1n) is 11.8. The van der Waals surface area contributed by atoms with Crippen molar-refractivity contribution in [2.24, 2.45) is 5.92 Å². The van der Waals surface area contributed by atoms with Gasteiger partial charge in [0.2, 0.25) is 0 Å². The van der Waals surface area contributed by atoms with Gasteiger partial charge in [0.25, 0.3) is 0 Å². The fraction of sp³-hybridized carbons (Fsp3) is 0.500. The van der Waals surface area contributed by atoms with Crippen molar-refractivity contribution in [1.29, 1.82) is 0 Å². The molecule has 2 atom stereocenters. The van der Waals surface area contributed by atoms with E-state index in [1.165, 1.54) is 0 Å². The molecule has 0 N–H and O–H groups in total. The van der Waals surface area contributed by atoms with Gasteiger partial charge in [0, 0.05) is 23.3 Å². The lowest BCUT2D eigenvalue weighted by molar-refractivity contribution is -0.163. The van der Waals surface area contributed by atoms with Crippen LogP contribution in [0.3, 0.4) is 0 Å². The van der Waals surface area contributed by atoms with E-state index in [9.17, 15) is 9.59 Å². The van der Waals surface area contributed by atoms with E-state index < -0.39 is 35.5 Å². The first-order chi connectivity index (χ1) is 16.9. The highest BCUT2D eigenvalue weighted by molar-refractivity contribution is 5.80. The Bertz CT molecular complexity index is 985. The number of rotatable bonds is 11. The smallest absolute Gasteiger partial charge is 0.309 e. The second-order valence-electron chi connectivity index (χ2n) is 9.53. The summed E-state index contributed by atoms with van der Waals surface area (Å²) in [5.74, 6) is 0.313. The van der Waals surface area contributed by atoms with Crippen LogP contribution in [0.25, 0.3) is 0 Å². The molecule has 2 aromatic rings. The Labute approximate surface area is 213 Å². The Kier molecular flexibility index (Phi) is 10.0. The maximum Gasteiger partial charge on any atom is 0.309 e. The van der Waals surface area contributed by atoms with Gasteiger partial charge in [-0.05, 0) is 39.8 Å². The predicted molar refractivity (Wildman–Crippen MR) is 136 cm³/mol. The maximum absolute atomic E-state index is 13.0. The quantitative estimate of drug-likeness (QED) is 0.390. The summed E-state index contributed by atoms with van der Waals surface area (Å²) in [4.78, 5) is 25.2. The van der Waals surface area contributed by atoms with Gasteiger partial charge in [-0.15, -0.1) is 0 Å². The van der Waals surface area contributed by atoms with Gasteiger partial charge in [-0.1, -0.05) is 19.1 Å². The van der Waals surface area contributed by atoms with Crippen LogP contribution < -0.4 is 18.9 Å². The second-order valence-corrected chi connectivity index (χ2v) is 9.53. The summed E-state index contributed by atoms with van der Waals surface area (Å²) in [6.45, 7) is 8.80. The van der Waals surface area contributed by atoms with Crippen LogP contribution in [0.15, 0.2) is 36.4 Å². The molecule has 0 saturated heterocycles. The number of carbonyl (C=O) groups is 2. The van der Waals surface area contributed by atoms with Gasteiger partial charge in [-0.25, -0.2) is 0 Å². The lowest BCUT2D eigenvalue weighted by Gasteiger charge is -2.29. The van der Waals surface area contributed by atoms with Crippen LogP contribution in [0.1, 0.15) is 58.1 Å². The second kappa shape index (κ2) is 12.5. The number of carbonyl (C=O) groups excluding carboxylic acids is 2. The lowest BCUT2D eigenvalue weighted by Crippen LogP contribution is -2.30. The average molecular weight is 503 g/mol. The summed E-state index contributed by atoms with van der Waals surface area (Å²) >= 11 is 0. The zero-order valence-corrected chi connectivity index (χ0v) is 22.7. The third-order valence-electron chi connectivity index (χ3n) is 5.62. The summed E-state index contributed by atoms with van der Waals surface area (Å²) in [5, 5.41) is 0. The zero-order valence-electron chi connectivity index (χ0n) is 22.7. The van der Waals surface area contributed by atoms with Crippen molar-refractivity contribution in [2.75, 3.05) is 28.4 Å². The van der Waals surface area contributed by atoms with E-state index in [0.29, 0.717) is 23.0 Å². The van der Waals surface area contributed by atoms with Crippen molar-refractivity contribution in [1.82, 2.24) is 0 Å². The van der Waals surface area contributed by atoms with Gasteiger partial charge in [-0.3, -0.25) is 9.59 Å². The molecule has 198 valence electrons. The Morgan fingerprint density at radius 2 is 1.25 bits per heavy atom. The fourth-order valence-corrected chi connectivity index (χ4v) is 3.91. The molecule has 2 rings (SSSR count). The third-order valence-corrected chi connectivity index (χ3v) is 5.62. The van der Waals surface area contributed by atoms with E-state index in [-0.39, 0.29) is 6.42 Å². The van der Waals surface area contributed by atoms with Gasteiger partial charge in [-0.2, -0.15) is 0 Å². The van der Waals surface area contributed by atoms with Gasteiger partial charge in [0.15, 0.2) is 0 Å². The van der Waals surface area contributed by atoms with Crippen LogP contribution in [0, 0.1) is 5.92 Å². The molecular weight excluding hydrogens is 464 g/mol. The molecule has 0 aromatic heterocycles. The SMILES string of the molecule is COc1ccc(C(c2ccc(OC)cc2OC)[C@H](C)OC(=O)[C@H](C)CC(=O)OC(C)(C)C)c(OC)c1. The van der Waals surface area contributed by atoms with Crippen LogP contribution in [-0.2, 0) is 19.1 Å². The number of benzene rings is 2. The van der Waals surface area contributed by atoms with Crippen molar-refractivity contribution in [2.45, 2.75) is 58.7 Å². The summed E-state index contributed by atoms with van der Waals surface area (Å²) < 4.78 is 33.3. The molecule has 0 aliphatic heterocycles. The van der Waals surface area contributed by atoms with Crippen molar-refractivity contribution in [3.63, 3.8) is 0 Å². The molecule has 0 saturated carbocycles. The van der Waals surface area contributed by atoms with Gasteiger partial charge in [0.1, 0.15) is 34.7 Å². The van der Waals surface area contributed by atoms with E-state index >= 15 is 0 Å². The van der Waals surface area contributed by atoms with Gasteiger partial charge in [0.05, 0.1) is 46.7 Å². The largest absolute Gasteiger partial charge is 0.497 e. The minimum Gasteiger partial charge on any atom is -0.497 e. The van der Waals surface area contributed by atoms with Crippen molar-refractivity contribution in [3.05, 3.63) is 47.5 Å². The number of ether oxygens (including phenoxy) is 6. The van der Waals surface area contributed by atoms with Crippen molar-refractivity contribution in [3.8, 4) is 23.0 Å². The Hall–Kier alpha value is -3.42. The van der Waals surface area contributed by atoms with Crippen LogP contribution in [0.5, 0.6) is 23.0 Å². The Balaban J connectivity index is 2.43. The molecule has 0 fully saturated rings. The maximum atomic E-state index is 13.0. The van der Waals surface area contributed by atoms with Crippen LogP contribution in [-0.4, -0.2) is 52.1 Å². The highest BCUT2D eigenvalue weighted by Crippen LogP contribution is 2.42. The van der Waals surface area contributed by atoms with E-state index in [0.717, 1.165) is 11.1 Å². The third kappa shape index (κ3) is 7.54. The molecule has 0 aliphatic rings. The lowest BCUT2D eigenvalue weighted by atomic mass is 9.85. The molecule has 36 heavy (non-hydrogen) atoms. The fourth-order valence-electron chi connectivity index (χ4n) is 3.91. The molecule has 0 radical (unpaired) electrons. The van der Waals surface area contributed by atoms with E-state index in [4.69, 9.17) is 28.4 Å². The van der Waals surface area contributed by atoms with E-state index in [1.54, 1.807) is 75.2 Å². The van der Waals surface area contributed by atoms with Gasteiger partial charge < -0.3 is 28.4 Å². The molecule has 0 amide bonds. The normalized spacial score (nSPS) is 12.9. The van der Waals surface area contributed by atoms with Gasteiger partial charge >= 0.3 is 11.9 Å². The molecular formula is C28H38O8. The number of methoxy groups -OCH3 is 4. The standard InChI is InChI=1S/C28H38O8/c1-17(14-25(29)36-28(3,4)5)27(30)35-18(2)26(21-12-10-19(31-6)15-23(21)33-8)22-13-11-20(32-7)16-24(22)34-9/h10-13,15-18,26H,14H2,1-9H3/t17-,18+/m1/s1. The minimum absolute atomic E-state index is 0.0782. The first kappa shape index (κ1) is 28.8. The number of esters is 2. The monoisotopic (exact) mass is 502 g/mol. The van der Waals surface area contributed by atoms with Crippen molar-refractivity contribution < 1.29 is 38.0 Å². The predicted octanol–water partition coefficient (Wildman–Crippen LogP) is 5.15. The average Bonchev–Trinajstić information content (AvgIpc) is 2.83. The van der Waals surface area contributed by atoms with Crippen LogP contribution in [0.2, 0.25) is 0 Å². The number of hydrogen-bond acceptors (Lipinski definition) is 8. The zero-order chi connectivity index (χ0) is 27.0. The molecule has 2 aromatic carbocycles. The molecule has 0 bridgehead atoms. The molecule has 8 nitrogen and oxygen atoms in total. The summed E-state index contributed by atoms with van der Waals surface area (Å²) in [6.07, 6.45) is -0.714. The molecule has 8 heteroatoms. The number of hydrogen-bond donors (Lipinski definition) is 0. The minimum atomic E-state index is -0.682. The molecule has 0 heterocycles. The highest BCUT2D eigenvalue weighted by atomic mass is 16.6. The topological polar surface area (TPSA) is 89.5 Å². The van der Waals surface area contributed by atoms with Crippen LogP contribution >= 0.6 is 0 Å². The first-order valence-corrected chi connectivity index (χ1v) is 11.8. The molecule has 0 spiro atoms. The summed E-state index contributed by atoms with van der Waals surface area (Å²) in [7, 11) is 6.30. The Morgan fingerprint density at radius 1 is 0.778 bits per heavy atom. The Morgan fingerprint density at radius 3 is 1.64 bits per heavy atom.